The zero-order valence-electron chi connectivity index (χ0n) is 16.7. The van der Waals surface area contributed by atoms with E-state index in [4.69, 9.17) is 9.47 Å². The second-order valence-corrected chi connectivity index (χ2v) is 6.40. The predicted molar refractivity (Wildman–Crippen MR) is 113 cm³/mol. The van der Waals surface area contributed by atoms with Gasteiger partial charge in [0.1, 0.15) is 17.2 Å². The number of ether oxygens (including phenoxy) is 2. The van der Waals surface area contributed by atoms with Crippen LogP contribution in [0.4, 0.5) is 11.6 Å². The van der Waals surface area contributed by atoms with Crippen molar-refractivity contribution < 1.29 is 14.3 Å². The van der Waals surface area contributed by atoms with Crippen molar-refractivity contribution in [2.45, 2.75) is 13.3 Å². The lowest BCUT2D eigenvalue weighted by molar-refractivity contribution is 0.102. The average Bonchev–Trinajstić information content (AvgIpc) is 2.74. The van der Waals surface area contributed by atoms with Gasteiger partial charge in [-0.05, 0) is 49.2 Å². The summed E-state index contributed by atoms with van der Waals surface area (Å²) < 4.78 is 10.5. The van der Waals surface area contributed by atoms with E-state index >= 15 is 0 Å². The number of aromatic nitrogens is 2. The lowest BCUT2D eigenvalue weighted by Gasteiger charge is -2.11. The van der Waals surface area contributed by atoms with Crippen LogP contribution in [0.25, 0.3) is 0 Å². The van der Waals surface area contributed by atoms with Gasteiger partial charge in [-0.15, -0.1) is 0 Å². The summed E-state index contributed by atoms with van der Waals surface area (Å²) in [6.45, 7) is 2.46. The van der Waals surface area contributed by atoms with Gasteiger partial charge in [0.15, 0.2) is 0 Å². The second kappa shape index (κ2) is 9.54. The largest absolute Gasteiger partial charge is 0.497 e. The Morgan fingerprint density at radius 3 is 2.62 bits per heavy atom. The van der Waals surface area contributed by atoms with Crippen molar-refractivity contribution in [2.24, 2.45) is 0 Å². The fraction of sp³-hybridized carbons (Fsp3) is 0.227. The van der Waals surface area contributed by atoms with Crippen LogP contribution in [0.15, 0.2) is 54.6 Å². The van der Waals surface area contributed by atoms with Gasteiger partial charge in [0, 0.05) is 12.2 Å². The summed E-state index contributed by atoms with van der Waals surface area (Å²) in [4.78, 5) is 21.4. The highest BCUT2D eigenvalue weighted by Crippen LogP contribution is 2.23. The summed E-state index contributed by atoms with van der Waals surface area (Å²) in [6, 6.07) is 16.8. The van der Waals surface area contributed by atoms with Crippen molar-refractivity contribution >= 4 is 17.5 Å². The lowest BCUT2D eigenvalue weighted by atomic mass is 10.1. The highest BCUT2D eigenvalue weighted by Gasteiger charge is 2.13. The minimum Gasteiger partial charge on any atom is -0.497 e. The maximum atomic E-state index is 12.7. The number of carbonyl (C=O) groups excluding carboxylic acids is 1. The van der Waals surface area contributed by atoms with Crippen molar-refractivity contribution in [3.63, 3.8) is 0 Å². The molecular formula is C22H24N4O3. The number of rotatable bonds is 8. The smallest absolute Gasteiger partial charge is 0.274 e. The molecule has 0 saturated carbocycles. The Labute approximate surface area is 170 Å². The summed E-state index contributed by atoms with van der Waals surface area (Å²) in [5.41, 5.74) is 2.71. The number of para-hydroxylation sites is 2. The third-order valence-corrected chi connectivity index (χ3v) is 4.27. The Balaban J connectivity index is 1.66. The molecule has 0 fully saturated rings. The Hall–Kier alpha value is -3.61. The maximum absolute atomic E-state index is 12.7. The molecule has 2 N–H and O–H groups in total. The highest BCUT2D eigenvalue weighted by atomic mass is 16.5. The van der Waals surface area contributed by atoms with E-state index in [2.05, 4.69) is 20.6 Å². The van der Waals surface area contributed by atoms with Gasteiger partial charge in [0.2, 0.25) is 5.95 Å². The van der Waals surface area contributed by atoms with Crippen LogP contribution in [0.2, 0.25) is 0 Å². The van der Waals surface area contributed by atoms with Crippen molar-refractivity contribution in [3.05, 3.63) is 71.5 Å². The number of nitrogens with one attached hydrogen (secondary N) is 2. The molecule has 0 aliphatic carbocycles. The number of hydrogen-bond donors (Lipinski definition) is 2. The summed E-state index contributed by atoms with van der Waals surface area (Å²) in [6.07, 6.45) is 0.775. The van der Waals surface area contributed by atoms with E-state index in [0.717, 1.165) is 17.7 Å². The molecule has 150 valence electrons. The second-order valence-electron chi connectivity index (χ2n) is 6.40. The molecular weight excluding hydrogens is 368 g/mol. The first-order valence-electron chi connectivity index (χ1n) is 9.26. The average molecular weight is 392 g/mol. The van der Waals surface area contributed by atoms with Gasteiger partial charge in [-0.25, -0.2) is 9.97 Å². The predicted octanol–water partition coefficient (Wildman–Crippen LogP) is 3.71. The zero-order chi connectivity index (χ0) is 20.6. The first-order valence-corrected chi connectivity index (χ1v) is 9.26. The van der Waals surface area contributed by atoms with E-state index in [0.29, 0.717) is 29.6 Å². The molecule has 2 aromatic carbocycles. The van der Waals surface area contributed by atoms with Gasteiger partial charge in [-0.1, -0.05) is 24.3 Å². The van der Waals surface area contributed by atoms with Gasteiger partial charge in [0.05, 0.1) is 19.9 Å². The summed E-state index contributed by atoms with van der Waals surface area (Å²) in [5.74, 6) is 1.50. The fourth-order valence-electron chi connectivity index (χ4n) is 2.84. The SMILES string of the molecule is COc1cccc(CCNc2nc(C)cc(C(=O)Nc3ccccc3OC)n2)c1. The number of carbonyl (C=O) groups is 1. The molecule has 0 aliphatic rings. The number of amides is 1. The molecule has 3 rings (SSSR count). The van der Waals surface area contributed by atoms with Gasteiger partial charge in [-0.3, -0.25) is 4.79 Å². The first kappa shape index (κ1) is 20.1. The number of benzene rings is 2. The molecule has 0 atom stereocenters. The highest BCUT2D eigenvalue weighted by molar-refractivity contribution is 6.03. The molecule has 0 radical (unpaired) electrons. The Morgan fingerprint density at radius 2 is 1.83 bits per heavy atom. The number of methoxy groups -OCH3 is 2. The van der Waals surface area contributed by atoms with E-state index in [9.17, 15) is 4.79 Å². The number of hydrogen-bond acceptors (Lipinski definition) is 6. The van der Waals surface area contributed by atoms with E-state index in [1.807, 2.05) is 43.3 Å². The number of aryl methyl sites for hydroxylation is 1. The Morgan fingerprint density at radius 1 is 1.00 bits per heavy atom. The Bertz CT molecular complexity index is 991. The molecule has 1 aromatic heterocycles. The summed E-state index contributed by atoms with van der Waals surface area (Å²) in [5, 5.41) is 6.02. The van der Waals surface area contributed by atoms with Crippen LogP contribution in [0.3, 0.4) is 0 Å². The molecule has 7 nitrogen and oxygen atoms in total. The molecule has 29 heavy (non-hydrogen) atoms. The third-order valence-electron chi connectivity index (χ3n) is 4.27. The van der Waals surface area contributed by atoms with E-state index in [1.165, 1.54) is 0 Å². The van der Waals surface area contributed by atoms with Crippen LogP contribution in [-0.2, 0) is 6.42 Å². The molecule has 3 aromatic rings. The molecule has 0 bridgehead atoms. The quantitative estimate of drug-likeness (QED) is 0.608. The van der Waals surface area contributed by atoms with E-state index in [-0.39, 0.29) is 11.6 Å². The topological polar surface area (TPSA) is 85.4 Å². The third kappa shape index (κ3) is 5.44. The van der Waals surface area contributed by atoms with Crippen LogP contribution in [0, 0.1) is 6.92 Å². The van der Waals surface area contributed by atoms with Crippen LogP contribution < -0.4 is 20.1 Å². The monoisotopic (exact) mass is 392 g/mol. The fourth-order valence-corrected chi connectivity index (χ4v) is 2.84. The van der Waals surface area contributed by atoms with E-state index < -0.39 is 0 Å². The number of anilines is 2. The van der Waals surface area contributed by atoms with Crippen LogP contribution in [0.1, 0.15) is 21.7 Å². The van der Waals surface area contributed by atoms with E-state index in [1.54, 1.807) is 32.4 Å². The molecule has 0 aliphatic heterocycles. The standard InChI is InChI=1S/C22H24N4O3/c1-15-13-19(21(27)25-18-9-4-5-10-20(18)29-3)26-22(24-15)23-12-11-16-7-6-8-17(14-16)28-2/h4-10,13-14H,11-12H2,1-3H3,(H,25,27)(H,23,24,26). The molecule has 0 saturated heterocycles. The summed E-state index contributed by atoms with van der Waals surface area (Å²) >= 11 is 0. The Kier molecular flexibility index (Phi) is 6.63. The zero-order valence-corrected chi connectivity index (χ0v) is 16.7. The lowest BCUT2D eigenvalue weighted by Crippen LogP contribution is -2.17. The van der Waals surface area contributed by atoms with Crippen LogP contribution in [0.5, 0.6) is 11.5 Å². The normalized spacial score (nSPS) is 10.3. The van der Waals surface area contributed by atoms with Crippen LogP contribution in [-0.4, -0.2) is 36.6 Å². The molecule has 0 unspecified atom stereocenters. The van der Waals surface area contributed by atoms with Gasteiger partial charge < -0.3 is 20.1 Å². The molecule has 1 amide bonds. The molecule has 7 heteroatoms. The summed E-state index contributed by atoms with van der Waals surface area (Å²) in [7, 11) is 3.21. The maximum Gasteiger partial charge on any atom is 0.274 e. The number of nitrogens with zero attached hydrogens (tertiary/aromatic N) is 2. The molecule has 0 spiro atoms. The first-order chi connectivity index (χ1) is 14.1. The van der Waals surface area contributed by atoms with Crippen molar-refractivity contribution in [2.75, 3.05) is 31.4 Å². The van der Waals surface area contributed by atoms with Gasteiger partial charge in [-0.2, -0.15) is 0 Å². The minimum atomic E-state index is -0.323. The minimum absolute atomic E-state index is 0.285. The van der Waals surface area contributed by atoms with Crippen molar-refractivity contribution in [1.29, 1.82) is 0 Å². The molecule has 1 heterocycles. The van der Waals surface area contributed by atoms with Gasteiger partial charge in [0.25, 0.3) is 5.91 Å². The van der Waals surface area contributed by atoms with Crippen molar-refractivity contribution in [1.82, 2.24) is 9.97 Å². The van der Waals surface area contributed by atoms with Gasteiger partial charge >= 0.3 is 0 Å². The van der Waals surface area contributed by atoms with Crippen LogP contribution >= 0.6 is 0 Å². The van der Waals surface area contributed by atoms with Crippen molar-refractivity contribution in [3.8, 4) is 11.5 Å².